The molecule has 4 nitrogen and oxygen atoms in total. The Morgan fingerprint density at radius 2 is 1.82 bits per heavy atom. The fourth-order valence-electron chi connectivity index (χ4n) is 7.67. The second-order valence-corrected chi connectivity index (χ2v) is 13.5. The lowest BCUT2D eigenvalue weighted by Crippen LogP contribution is -2.47. The summed E-state index contributed by atoms with van der Waals surface area (Å²) in [6.07, 6.45) is 22.2. The zero-order chi connectivity index (χ0) is 27.9. The van der Waals surface area contributed by atoms with E-state index in [-0.39, 0.29) is 7.53 Å². The van der Waals surface area contributed by atoms with E-state index in [9.17, 15) is 4.79 Å². The molecule has 1 heterocycles. The molecule has 4 rings (SSSR count). The molecular weight excluding hydrogens is 472 g/mol. The van der Waals surface area contributed by atoms with Crippen molar-refractivity contribution < 1.29 is 20.8 Å². The first-order chi connectivity index (χ1) is 18.0. The predicted octanol–water partition coefficient (Wildman–Crippen LogP) is 9.51. The molecule has 0 aromatic heterocycles. The van der Waals surface area contributed by atoms with Gasteiger partial charge in [-0.05, 0) is 106 Å². The molecule has 0 aromatic rings. The van der Waals surface area contributed by atoms with E-state index in [0.29, 0.717) is 12.0 Å². The summed E-state index contributed by atoms with van der Waals surface area (Å²) >= 11 is 0. The van der Waals surface area contributed by atoms with Crippen molar-refractivity contribution in [3.8, 4) is 0 Å². The third-order valence-electron chi connectivity index (χ3n) is 10.0. The van der Waals surface area contributed by atoms with Gasteiger partial charge in [0, 0.05) is 8.35 Å². The van der Waals surface area contributed by atoms with Gasteiger partial charge in [-0.2, -0.15) is 0 Å². The van der Waals surface area contributed by atoms with Crippen molar-refractivity contribution in [3.63, 3.8) is 0 Å². The molecule has 4 aliphatic rings. The maximum Gasteiger partial charge on any atom is 0.364 e. The Morgan fingerprint density at radius 3 is 2.45 bits per heavy atom. The van der Waals surface area contributed by atoms with Crippen molar-refractivity contribution in [2.45, 2.75) is 137 Å². The predicted molar refractivity (Wildman–Crippen MR) is 159 cm³/mol. The second-order valence-electron chi connectivity index (χ2n) is 13.5. The van der Waals surface area contributed by atoms with Gasteiger partial charge in [0.15, 0.2) is 0 Å². The molecule has 1 saturated heterocycles. The van der Waals surface area contributed by atoms with Crippen LogP contribution < -0.4 is 0 Å². The highest BCUT2D eigenvalue weighted by Crippen LogP contribution is 2.60. The van der Waals surface area contributed by atoms with E-state index in [1.165, 1.54) is 95.1 Å². The van der Waals surface area contributed by atoms with Crippen LogP contribution in [0.3, 0.4) is 0 Å². The zero-order valence-corrected chi connectivity index (χ0v) is 25.3. The lowest BCUT2D eigenvalue weighted by molar-refractivity contribution is -0.276. The molecule has 4 heteroatoms. The van der Waals surface area contributed by atoms with Crippen LogP contribution in [0.2, 0.25) is 0 Å². The van der Waals surface area contributed by atoms with Gasteiger partial charge in [-0.15, -0.1) is 0 Å². The number of hydrogen-bond donors (Lipinski definition) is 1. The Morgan fingerprint density at radius 1 is 1.08 bits per heavy atom. The number of fused-ring (bicyclic) bond motifs is 1. The van der Waals surface area contributed by atoms with Crippen LogP contribution in [0.1, 0.15) is 126 Å². The van der Waals surface area contributed by atoms with Gasteiger partial charge >= 0.3 is 5.97 Å². The highest BCUT2D eigenvalue weighted by molar-refractivity contribution is 5.75. The topological polar surface area (TPSA) is 55.8 Å². The van der Waals surface area contributed by atoms with Gasteiger partial charge in [0.05, 0.1) is 12.7 Å². The monoisotopic (exact) mass is 530 g/mol. The quantitative estimate of drug-likeness (QED) is 0.356. The van der Waals surface area contributed by atoms with E-state index in [4.69, 9.17) is 14.6 Å². The SMILES string of the molecule is C=C1CCCC/C1=C/C=C1\CCC[C@@]2(C)C1CC[C@@H]2[C@H](C)CCCC(C)C.C[C@@H]1CCOC(C)(C(=O)O)O1.[HH]. The molecule has 4 fully saturated rings. The van der Waals surface area contributed by atoms with Crippen LogP contribution in [0, 0.1) is 29.1 Å². The summed E-state index contributed by atoms with van der Waals surface area (Å²) in [5.74, 6) is 1.04. The average Bonchev–Trinajstić information content (AvgIpc) is 3.21. The fraction of sp³-hybridized carbons (Fsp3) is 0.794. The van der Waals surface area contributed by atoms with Crippen LogP contribution in [-0.2, 0) is 14.3 Å². The Kier molecular flexibility index (Phi) is 11.3. The standard InChI is InChI=1S/C27H44.C7H12O4.H2/c1-20(2)10-8-12-22(4)25-17-18-26-24(14-9-19-27(25,26)5)16-15-23-13-7-6-11-21(23)3;1-5-3-4-10-7(2,11-5)6(8)9;/h15-16,20,22,25-26H,3,6-14,17-19H2,1-2,4-5H3;5H,3-4H2,1-2H3,(H,8,9);1H/b23-15-,24-16+;;/t22-,25-,26?,27-;5-,7?;/m11./s1. The van der Waals surface area contributed by atoms with Crippen molar-refractivity contribution in [2.75, 3.05) is 6.61 Å². The maximum absolute atomic E-state index is 10.6. The first-order valence-electron chi connectivity index (χ1n) is 15.6. The van der Waals surface area contributed by atoms with E-state index < -0.39 is 11.8 Å². The normalized spacial score (nSPS) is 36.6. The van der Waals surface area contributed by atoms with Crippen LogP contribution >= 0.6 is 0 Å². The minimum absolute atomic E-state index is 0. The van der Waals surface area contributed by atoms with Crippen LogP contribution in [0.15, 0.2) is 35.5 Å². The van der Waals surface area contributed by atoms with Gasteiger partial charge in [0.25, 0.3) is 5.79 Å². The lowest BCUT2D eigenvalue weighted by atomic mass is 9.60. The highest BCUT2D eigenvalue weighted by Gasteiger charge is 2.50. The fourth-order valence-corrected chi connectivity index (χ4v) is 7.67. The molecule has 3 aliphatic carbocycles. The molecule has 0 aromatic carbocycles. The minimum atomic E-state index is -1.43. The van der Waals surface area contributed by atoms with Crippen molar-refractivity contribution in [1.82, 2.24) is 0 Å². The van der Waals surface area contributed by atoms with Crippen LogP contribution in [0.5, 0.6) is 0 Å². The summed E-state index contributed by atoms with van der Waals surface area (Å²) in [5.41, 5.74) is 5.27. The number of aliphatic carboxylic acids is 1. The average molecular weight is 531 g/mol. The van der Waals surface area contributed by atoms with E-state index in [0.717, 1.165) is 30.1 Å². The number of carbonyl (C=O) groups is 1. The first kappa shape index (κ1) is 31.1. The van der Waals surface area contributed by atoms with Crippen molar-refractivity contribution in [1.29, 1.82) is 0 Å². The molecule has 38 heavy (non-hydrogen) atoms. The van der Waals surface area contributed by atoms with Crippen molar-refractivity contribution >= 4 is 5.97 Å². The van der Waals surface area contributed by atoms with E-state index in [2.05, 4.69) is 46.4 Å². The summed E-state index contributed by atoms with van der Waals surface area (Å²) in [7, 11) is 0. The van der Waals surface area contributed by atoms with Gasteiger partial charge in [-0.1, -0.05) is 76.8 Å². The van der Waals surface area contributed by atoms with Crippen molar-refractivity contribution in [2.24, 2.45) is 29.1 Å². The first-order valence-corrected chi connectivity index (χ1v) is 15.6. The van der Waals surface area contributed by atoms with E-state index in [1.54, 1.807) is 5.57 Å². The Labute approximate surface area is 234 Å². The molecule has 1 aliphatic heterocycles. The third kappa shape index (κ3) is 7.84. The molecule has 0 amide bonds. The molecular formula is C34H58O4. The summed E-state index contributed by atoms with van der Waals surface area (Å²) in [6.45, 7) is 18.0. The number of ether oxygens (including phenoxy) is 2. The molecule has 6 atom stereocenters. The highest BCUT2D eigenvalue weighted by atomic mass is 16.7. The molecule has 0 radical (unpaired) electrons. The molecule has 1 N–H and O–H groups in total. The summed E-state index contributed by atoms with van der Waals surface area (Å²) in [6, 6.07) is 0. The van der Waals surface area contributed by atoms with Crippen LogP contribution in [-0.4, -0.2) is 29.6 Å². The largest absolute Gasteiger partial charge is 0.477 e. The van der Waals surface area contributed by atoms with Crippen molar-refractivity contribution in [3.05, 3.63) is 35.5 Å². The van der Waals surface area contributed by atoms with Gasteiger partial charge in [0.2, 0.25) is 0 Å². The number of hydrogen-bond acceptors (Lipinski definition) is 3. The summed E-state index contributed by atoms with van der Waals surface area (Å²) in [5, 5.41) is 8.67. The third-order valence-corrected chi connectivity index (χ3v) is 10.0. The van der Waals surface area contributed by atoms with Gasteiger partial charge < -0.3 is 14.6 Å². The summed E-state index contributed by atoms with van der Waals surface area (Å²) < 4.78 is 10.1. The molecule has 0 spiro atoms. The number of carboxylic acids is 1. The van der Waals surface area contributed by atoms with E-state index >= 15 is 0 Å². The Balaban J connectivity index is 0.000000375. The van der Waals surface area contributed by atoms with Crippen LogP contribution in [0.25, 0.3) is 0 Å². The number of allylic oxidation sites excluding steroid dienone is 5. The molecule has 2 unspecified atom stereocenters. The number of carboxylic acid groups (broad SMARTS) is 1. The second kappa shape index (κ2) is 13.8. The minimum Gasteiger partial charge on any atom is -0.477 e. The Hall–Kier alpha value is -1.39. The van der Waals surface area contributed by atoms with Crippen LogP contribution in [0.4, 0.5) is 0 Å². The van der Waals surface area contributed by atoms with Gasteiger partial charge in [0.1, 0.15) is 0 Å². The maximum atomic E-state index is 10.6. The van der Waals surface area contributed by atoms with Gasteiger partial charge in [-0.3, -0.25) is 0 Å². The smallest absolute Gasteiger partial charge is 0.364 e. The molecule has 218 valence electrons. The lowest BCUT2D eigenvalue weighted by Gasteiger charge is -2.44. The van der Waals surface area contributed by atoms with E-state index in [1.807, 2.05) is 6.92 Å². The molecule has 0 bridgehead atoms. The number of rotatable bonds is 7. The Bertz CT molecular complexity index is 876. The zero-order valence-electron chi connectivity index (χ0n) is 25.3. The van der Waals surface area contributed by atoms with Gasteiger partial charge in [-0.25, -0.2) is 4.79 Å². The molecule has 3 saturated carbocycles. The summed E-state index contributed by atoms with van der Waals surface area (Å²) in [4.78, 5) is 10.6.